The number of hydrogen-bond acceptors (Lipinski definition) is 8. The van der Waals surface area contributed by atoms with Crippen LogP contribution in [0.1, 0.15) is 15.9 Å². The number of hydrogen-bond donors (Lipinski definition) is 3. The van der Waals surface area contributed by atoms with Crippen LogP contribution in [0.15, 0.2) is 89.5 Å². The summed E-state index contributed by atoms with van der Waals surface area (Å²) in [6, 6.07) is 17.4. The molecule has 0 unspecified atom stereocenters. The van der Waals surface area contributed by atoms with Gasteiger partial charge in [0.15, 0.2) is 11.6 Å². The van der Waals surface area contributed by atoms with Crippen LogP contribution in [0, 0.1) is 6.57 Å². The van der Waals surface area contributed by atoms with Gasteiger partial charge in [-0.3, -0.25) is 4.79 Å². The molecule has 0 fully saturated rings. The maximum Gasteiger partial charge on any atom is 0.259 e. The molecule has 0 spiro atoms. The van der Waals surface area contributed by atoms with E-state index in [9.17, 15) is 9.90 Å². The molecule has 11 heteroatoms. The van der Waals surface area contributed by atoms with Gasteiger partial charge in [0, 0.05) is 30.1 Å². The molecule has 0 saturated heterocycles. The first-order chi connectivity index (χ1) is 18.6. The number of nitrogens with zero attached hydrogens (tertiary/aromatic N) is 7. The summed E-state index contributed by atoms with van der Waals surface area (Å²) in [5, 5.41) is 36.9. The summed E-state index contributed by atoms with van der Waals surface area (Å²) in [6.07, 6.45) is 4.90. The van der Waals surface area contributed by atoms with Crippen LogP contribution in [0.2, 0.25) is 0 Å². The van der Waals surface area contributed by atoms with E-state index >= 15 is 0 Å². The van der Waals surface area contributed by atoms with E-state index in [1.54, 1.807) is 60.7 Å². The normalized spacial score (nSPS) is 11.1. The molecule has 0 aliphatic rings. The Morgan fingerprint density at radius 1 is 1.05 bits per heavy atom. The summed E-state index contributed by atoms with van der Waals surface area (Å²) in [7, 11) is 0. The Kier molecular flexibility index (Phi) is 6.79. The first kappa shape index (κ1) is 24.2. The summed E-state index contributed by atoms with van der Waals surface area (Å²) < 4.78 is 1.27. The van der Waals surface area contributed by atoms with Gasteiger partial charge in [0.1, 0.15) is 5.69 Å². The molecule has 1 amide bonds. The monoisotopic (exact) mass is 504 g/mol. The van der Waals surface area contributed by atoms with E-state index in [1.807, 2.05) is 0 Å². The van der Waals surface area contributed by atoms with Crippen molar-refractivity contribution in [2.45, 2.75) is 6.42 Å². The molecule has 2 heterocycles. The minimum atomic E-state index is -0.538. The number of aliphatic hydroxyl groups excluding tert-OH is 1. The van der Waals surface area contributed by atoms with E-state index in [2.05, 4.69) is 35.5 Å². The first-order valence-electron chi connectivity index (χ1n) is 11.5. The van der Waals surface area contributed by atoms with Gasteiger partial charge in [-0.25, -0.2) is 14.8 Å². The first-order valence-corrected chi connectivity index (χ1v) is 11.5. The van der Waals surface area contributed by atoms with Crippen molar-refractivity contribution in [3.8, 4) is 11.7 Å². The van der Waals surface area contributed by atoms with Crippen molar-refractivity contribution in [2.75, 3.05) is 11.9 Å². The van der Waals surface area contributed by atoms with Crippen molar-refractivity contribution in [3.05, 3.63) is 102 Å². The average molecular weight is 505 g/mol. The Bertz CT molecular complexity index is 1690. The van der Waals surface area contributed by atoms with E-state index in [4.69, 9.17) is 11.7 Å². The van der Waals surface area contributed by atoms with Gasteiger partial charge in [0.2, 0.25) is 0 Å². The van der Waals surface area contributed by atoms with Crippen molar-refractivity contribution in [2.24, 2.45) is 10.2 Å². The van der Waals surface area contributed by atoms with Gasteiger partial charge in [-0.15, -0.1) is 10.2 Å². The van der Waals surface area contributed by atoms with E-state index in [0.717, 1.165) is 5.56 Å². The van der Waals surface area contributed by atoms with Gasteiger partial charge >= 0.3 is 0 Å². The third-order valence-electron chi connectivity index (χ3n) is 5.68. The number of fused-ring (bicyclic) bond motifs is 1. The van der Waals surface area contributed by atoms with E-state index in [1.165, 1.54) is 23.3 Å². The molecule has 5 rings (SSSR count). The van der Waals surface area contributed by atoms with Crippen molar-refractivity contribution in [1.29, 1.82) is 0 Å². The van der Waals surface area contributed by atoms with Crippen LogP contribution >= 0.6 is 0 Å². The molecule has 0 aliphatic carbocycles. The van der Waals surface area contributed by atoms with Crippen molar-refractivity contribution in [1.82, 2.24) is 19.7 Å². The lowest BCUT2D eigenvalue weighted by molar-refractivity contribution is 0.102. The molecule has 2 aromatic heterocycles. The van der Waals surface area contributed by atoms with Crippen molar-refractivity contribution < 1.29 is 15.0 Å². The van der Waals surface area contributed by atoms with Crippen molar-refractivity contribution in [3.63, 3.8) is 0 Å². The number of carbonyl (C=O) groups is 1. The number of amides is 1. The number of azo groups is 1. The van der Waals surface area contributed by atoms with E-state index in [0.29, 0.717) is 22.9 Å². The second kappa shape index (κ2) is 10.7. The average Bonchev–Trinajstić information content (AvgIpc) is 3.37. The summed E-state index contributed by atoms with van der Waals surface area (Å²) in [6.45, 7) is 7.50. The Morgan fingerprint density at radius 3 is 2.55 bits per heavy atom. The number of nitrogens with one attached hydrogen (secondary N) is 1. The Morgan fingerprint density at radius 2 is 1.82 bits per heavy atom. The Hall–Kier alpha value is -5.47. The highest BCUT2D eigenvalue weighted by Gasteiger charge is 2.20. The molecule has 0 aliphatic heterocycles. The minimum Gasteiger partial charge on any atom is -0.505 e. The molecule has 186 valence electrons. The molecular formula is C27H20N8O3. The van der Waals surface area contributed by atoms with Gasteiger partial charge in [-0.1, -0.05) is 36.4 Å². The fraction of sp³-hybridized carbons (Fsp3) is 0.0741. The van der Waals surface area contributed by atoms with Gasteiger partial charge in [0.25, 0.3) is 17.5 Å². The minimum absolute atomic E-state index is 0.00221. The zero-order valence-corrected chi connectivity index (χ0v) is 19.9. The van der Waals surface area contributed by atoms with Crippen LogP contribution in [-0.2, 0) is 6.42 Å². The lowest BCUT2D eigenvalue weighted by Gasteiger charge is -2.11. The fourth-order valence-corrected chi connectivity index (χ4v) is 3.82. The Labute approximate surface area is 216 Å². The lowest BCUT2D eigenvalue weighted by Crippen LogP contribution is -2.12. The standard InChI is InChI=1S/C27H20N8O3/c1-28-22-16-31-35(27-29-12-4-13-30-27)25(22)34-33-23-20-6-3-2-5-18(20)15-21(24(23)37)26(38)32-19-9-7-17(8-10-19)11-14-36/h2-10,12-13,15-16,36-37H,11,14H2,(H,32,38). The van der Waals surface area contributed by atoms with Gasteiger partial charge in [0.05, 0.1) is 18.3 Å². The summed E-state index contributed by atoms with van der Waals surface area (Å²) in [4.78, 5) is 24.9. The number of aromatic hydroxyl groups is 1. The number of carbonyl (C=O) groups excluding carboxylic acids is 1. The number of phenolic OH excluding ortho intramolecular Hbond substituents is 1. The molecule has 3 N–H and O–H groups in total. The van der Waals surface area contributed by atoms with Crippen LogP contribution in [0.5, 0.6) is 5.75 Å². The third kappa shape index (κ3) is 4.79. The molecular weight excluding hydrogens is 484 g/mol. The predicted octanol–water partition coefficient (Wildman–Crippen LogP) is 5.27. The van der Waals surface area contributed by atoms with Crippen LogP contribution in [0.4, 0.5) is 22.9 Å². The van der Waals surface area contributed by atoms with E-state index in [-0.39, 0.29) is 41.1 Å². The Balaban J connectivity index is 1.55. The fourth-order valence-electron chi connectivity index (χ4n) is 3.82. The zero-order valence-electron chi connectivity index (χ0n) is 19.9. The topological polar surface area (TPSA) is 142 Å². The van der Waals surface area contributed by atoms with Gasteiger partial charge in [-0.05, 0) is 41.6 Å². The second-order valence-electron chi connectivity index (χ2n) is 8.09. The molecule has 0 atom stereocenters. The highest BCUT2D eigenvalue weighted by atomic mass is 16.3. The number of aromatic nitrogens is 4. The van der Waals surface area contributed by atoms with Crippen LogP contribution in [0.25, 0.3) is 21.6 Å². The molecule has 0 radical (unpaired) electrons. The highest BCUT2D eigenvalue weighted by molar-refractivity contribution is 6.11. The molecule has 5 aromatic rings. The maximum atomic E-state index is 13.2. The highest BCUT2D eigenvalue weighted by Crippen LogP contribution is 2.40. The smallest absolute Gasteiger partial charge is 0.259 e. The molecule has 0 bridgehead atoms. The van der Waals surface area contributed by atoms with Gasteiger partial charge in [-0.2, -0.15) is 9.78 Å². The van der Waals surface area contributed by atoms with Crippen LogP contribution in [-0.4, -0.2) is 42.5 Å². The lowest BCUT2D eigenvalue weighted by atomic mass is 10.0. The zero-order chi connectivity index (χ0) is 26.5. The number of rotatable bonds is 7. The SMILES string of the molecule is [C-]#[N+]c1cnn(-c2ncccn2)c1N=Nc1c(O)c(C(=O)Nc2ccc(CCO)cc2)cc2ccccc12. The maximum absolute atomic E-state index is 13.2. The van der Waals surface area contributed by atoms with Crippen LogP contribution < -0.4 is 5.32 Å². The number of aliphatic hydroxyl groups is 1. The van der Waals surface area contributed by atoms with Crippen molar-refractivity contribution >= 4 is 39.6 Å². The molecule has 38 heavy (non-hydrogen) atoms. The van der Waals surface area contributed by atoms with Gasteiger partial charge < -0.3 is 15.5 Å². The second-order valence-corrected chi connectivity index (χ2v) is 8.09. The number of benzene rings is 3. The summed E-state index contributed by atoms with van der Waals surface area (Å²) in [5.74, 6) is -0.631. The third-order valence-corrected chi connectivity index (χ3v) is 5.68. The predicted molar refractivity (Wildman–Crippen MR) is 140 cm³/mol. The van der Waals surface area contributed by atoms with Crippen LogP contribution in [0.3, 0.4) is 0 Å². The molecule has 3 aromatic carbocycles. The molecule has 11 nitrogen and oxygen atoms in total. The molecule has 0 saturated carbocycles. The summed E-state index contributed by atoms with van der Waals surface area (Å²) in [5.41, 5.74) is 1.64. The quantitative estimate of drug-likeness (QED) is 0.203. The summed E-state index contributed by atoms with van der Waals surface area (Å²) >= 11 is 0. The number of anilines is 1. The number of phenols is 1. The van der Waals surface area contributed by atoms with E-state index < -0.39 is 5.91 Å². The largest absolute Gasteiger partial charge is 0.505 e.